The van der Waals surface area contributed by atoms with E-state index in [0.717, 1.165) is 6.42 Å². The van der Waals surface area contributed by atoms with Crippen LogP contribution in [-0.2, 0) is 14.8 Å². The van der Waals surface area contributed by atoms with Crippen molar-refractivity contribution in [3.8, 4) is 0 Å². The third kappa shape index (κ3) is 5.18. The van der Waals surface area contributed by atoms with Gasteiger partial charge in [-0.25, -0.2) is 13.1 Å². The van der Waals surface area contributed by atoms with Gasteiger partial charge in [0, 0.05) is 25.9 Å². The highest BCUT2D eigenvalue weighted by Crippen LogP contribution is 2.20. The molecule has 0 amide bonds. The van der Waals surface area contributed by atoms with Crippen LogP contribution in [0.25, 0.3) is 0 Å². The van der Waals surface area contributed by atoms with Crippen molar-refractivity contribution in [1.29, 1.82) is 0 Å². The number of nitrogens with one attached hydrogen (secondary N) is 1. The molecule has 0 aliphatic rings. The minimum atomic E-state index is -3.48. The molecule has 1 rings (SSSR count). The van der Waals surface area contributed by atoms with Crippen LogP contribution in [0.15, 0.2) is 29.2 Å². The Kier molecular flexibility index (Phi) is 5.34. The molecular weight excluding hydrogens is 264 g/mol. The minimum absolute atomic E-state index is 0.156. The zero-order valence-corrected chi connectivity index (χ0v) is 12.5. The van der Waals surface area contributed by atoms with Crippen LogP contribution < -0.4 is 10.5 Å². The molecule has 6 heteroatoms. The maximum atomic E-state index is 12.1. The molecule has 0 unspecified atom stereocenters. The minimum Gasteiger partial charge on any atom is -0.399 e. The number of methoxy groups -OCH3 is 1. The fourth-order valence-corrected chi connectivity index (χ4v) is 2.73. The molecule has 0 aliphatic heterocycles. The molecule has 3 N–H and O–H groups in total. The summed E-state index contributed by atoms with van der Waals surface area (Å²) in [5, 5.41) is 0. The summed E-state index contributed by atoms with van der Waals surface area (Å²) in [5.41, 5.74) is 5.92. The Labute approximate surface area is 115 Å². The first-order valence-electron chi connectivity index (χ1n) is 6.11. The van der Waals surface area contributed by atoms with E-state index in [9.17, 15) is 8.42 Å². The lowest BCUT2D eigenvalue weighted by molar-refractivity contribution is 0.153. The van der Waals surface area contributed by atoms with E-state index in [1.54, 1.807) is 19.2 Å². The van der Waals surface area contributed by atoms with Gasteiger partial charge >= 0.3 is 0 Å². The molecule has 0 heterocycles. The van der Waals surface area contributed by atoms with Crippen LogP contribution in [0.1, 0.15) is 20.3 Å². The Morgan fingerprint density at radius 1 is 1.26 bits per heavy atom. The number of nitrogens with two attached hydrogens (primary N) is 1. The van der Waals surface area contributed by atoms with Gasteiger partial charge in [0.2, 0.25) is 10.0 Å². The molecule has 1 aromatic rings. The molecule has 0 aliphatic carbocycles. The molecule has 0 bridgehead atoms. The van der Waals surface area contributed by atoms with Gasteiger partial charge in [-0.3, -0.25) is 0 Å². The lowest BCUT2D eigenvalue weighted by Crippen LogP contribution is -2.34. The van der Waals surface area contributed by atoms with E-state index in [2.05, 4.69) is 4.72 Å². The monoisotopic (exact) mass is 286 g/mol. The number of sulfonamides is 1. The van der Waals surface area contributed by atoms with Gasteiger partial charge in [-0.2, -0.15) is 0 Å². The van der Waals surface area contributed by atoms with E-state index in [1.165, 1.54) is 12.1 Å². The topological polar surface area (TPSA) is 81.4 Å². The molecule has 0 spiro atoms. The van der Waals surface area contributed by atoms with Crippen molar-refractivity contribution in [3.63, 3.8) is 0 Å². The Hall–Kier alpha value is -1.11. The highest BCUT2D eigenvalue weighted by Gasteiger charge is 2.22. The number of hydrogen-bond donors (Lipinski definition) is 2. The summed E-state index contributed by atoms with van der Waals surface area (Å²) in [6.07, 6.45) is 0.785. The van der Waals surface area contributed by atoms with Crippen LogP contribution in [0.5, 0.6) is 0 Å². The van der Waals surface area contributed by atoms with Crippen LogP contribution >= 0.6 is 0 Å². The Bertz CT molecular complexity index is 495. The second-order valence-electron chi connectivity index (χ2n) is 5.30. The van der Waals surface area contributed by atoms with Gasteiger partial charge in [-0.15, -0.1) is 0 Å². The number of rotatable bonds is 7. The Morgan fingerprint density at radius 2 is 1.84 bits per heavy atom. The van der Waals surface area contributed by atoms with Crippen molar-refractivity contribution >= 4 is 15.7 Å². The zero-order valence-electron chi connectivity index (χ0n) is 11.6. The van der Waals surface area contributed by atoms with Crippen LogP contribution in [0.2, 0.25) is 0 Å². The zero-order chi connectivity index (χ0) is 14.5. The van der Waals surface area contributed by atoms with Crippen molar-refractivity contribution in [2.75, 3.05) is 26.0 Å². The molecule has 0 saturated carbocycles. The largest absolute Gasteiger partial charge is 0.399 e. The standard InChI is InChI=1S/C13H22N2O3S/c1-13(2,8-9-18-3)10-15-19(16,17)12-6-4-11(14)5-7-12/h4-7,15H,8-10,14H2,1-3H3. The molecule has 0 fully saturated rings. The van der Waals surface area contributed by atoms with E-state index in [4.69, 9.17) is 10.5 Å². The molecule has 0 radical (unpaired) electrons. The fourth-order valence-electron chi connectivity index (χ4n) is 1.49. The molecule has 0 aromatic heterocycles. The lowest BCUT2D eigenvalue weighted by Gasteiger charge is -2.24. The second kappa shape index (κ2) is 6.36. The molecule has 0 atom stereocenters. The van der Waals surface area contributed by atoms with Crippen LogP contribution in [0.4, 0.5) is 5.69 Å². The predicted octanol–water partition coefficient (Wildman–Crippen LogP) is 1.61. The summed E-state index contributed by atoms with van der Waals surface area (Å²) in [6.45, 7) is 4.97. The lowest BCUT2D eigenvalue weighted by atomic mass is 9.90. The number of ether oxygens (including phenoxy) is 1. The maximum Gasteiger partial charge on any atom is 0.240 e. The average Bonchev–Trinajstić information content (AvgIpc) is 2.35. The second-order valence-corrected chi connectivity index (χ2v) is 7.07. The van der Waals surface area contributed by atoms with Gasteiger partial charge in [-0.05, 0) is 36.1 Å². The normalized spacial score (nSPS) is 12.6. The average molecular weight is 286 g/mol. The number of hydrogen-bond acceptors (Lipinski definition) is 4. The van der Waals surface area contributed by atoms with Crippen molar-refractivity contribution in [3.05, 3.63) is 24.3 Å². The first-order chi connectivity index (χ1) is 8.77. The summed E-state index contributed by atoms with van der Waals surface area (Å²) < 4.78 is 31.8. The van der Waals surface area contributed by atoms with Crippen molar-refractivity contribution < 1.29 is 13.2 Å². The van der Waals surface area contributed by atoms with Gasteiger partial charge in [0.05, 0.1) is 4.90 Å². The smallest absolute Gasteiger partial charge is 0.240 e. The van der Waals surface area contributed by atoms with Crippen molar-refractivity contribution in [2.24, 2.45) is 5.41 Å². The van der Waals surface area contributed by atoms with Gasteiger partial charge < -0.3 is 10.5 Å². The van der Waals surface area contributed by atoms with Crippen LogP contribution in [-0.4, -0.2) is 28.7 Å². The summed E-state index contributed by atoms with van der Waals surface area (Å²) in [5.74, 6) is 0. The molecule has 5 nitrogen and oxygen atoms in total. The molecule has 19 heavy (non-hydrogen) atoms. The maximum absolute atomic E-state index is 12.1. The molecular formula is C13H22N2O3S. The highest BCUT2D eigenvalue weighted by atomic mass is 32.2. The van der Waals surface area contributed by atoms with Crippen molar-refractivity contribution in [1.82, 2.24) is 4.72 Å². The van der Waals surface area contributed by atoms with Gasteiger partial charge in [0.25, 0.3) is 0 Å². The summed E-state index contributed by atoms with van der Waals surface area (Å²) >= 11 is 0. The third-order valence-electron chi connectivity index (χ3n) is 2.91. The molecule has 0 saturated heterocycles. The molecule has 108 valence electrons. The summed E-state index contributed by atoms with van der Waals surface area (Å²) in [6, 6.07) is 6.15. The van der Waals surface area contributed by atoms with Gasteiger partial charge in [0.15, 0.2) is 0 Å². The summed E-state index contributed by atoms with van der Waals surface area (Å²) in [7, 11) is -1.85. The van der Waals surface area contributed by atoms with Gasteiger partial charge in [0.1, 0.15) is 0 Å². The van der Waals surface area contributed by atoms with E-state index in [0.29, 0.717) is 18.8 Å². The number of anilines is 1. The molecule has 1 aromatic carbocycles. The third-order valence-corrected chi connectivity index (χ3v) is 4.33. The first-order valence-corrected chi connectivity index (χ1v) is 7.59. The van der Waals surface area contributed by atoms with E-state index in [1.807, 2.05) is 13.8 Å². The fraction of sp³-hybridized carbons (Fsp3) is 0.538. The van der Waals surface area contributed by atoms with E-state index >= 15 is 0 Å². The predicted molar refractivity (Wildman–Crippen MR) is 76.3 cm³/mol. The van der Waals surface area contributed by atoms with Crippen molar-refractivity contribution in [2.45, 2.75) is 25.2 Å². The number of benzene rings is 1. The first kappa shape index (κ1) is 15.9. The summed E-state index contributed by atoms with van der Waals surface area (Å²) in [4.78, 5) is 0.226. The SMILES string of the molecule is COCCC(C)(C)CNS(=O)(=O)c1ccc(N)cc1. The van der Waals surface area contributed by atoms with E-state index < -0.39 is 10.0 Å². The number of nitrogen functional groups attached to an aromatic ring is 1. The van der Waals surface area contributed by atoms with Gasteiger partial charge in [-0.1, -0.05) is 13.8 Å². The van der Waals surface area contributed by atoms with Crippen LogP contribution in [0, 0.1) is 5.41 Å². The van der Waals surface area contributed by atoms with Crippen LogP contribution in [0.3, 0.4) is 0 Å². The Balaban J connectivity index is 2.68. The highest BCUT2D eigenvalue weighted by molar-refractivity contribution is 7.89. The van der Waals surface area contributed by atoms with E-state index in [-0.39, 0.29) is 10.3 Å². The quantitative estimate of drug-likeness (QED) is 0.746. The Morgan fingerprint density at radius 3 is 2.37 bits per heavy atom.